The number of nitrogens with one attached hydrogen (secondary N) is 1. The number of methoxy groups -OCH3 is 1. The molecule has 0 saturated heterocycles. The lowest BCUT2D eigenvalue weighted by Gasteiger charge is -2.07. The number of hydrogen-bond donors (Lipinski definition) is 1. The number of aryl methyl sites for hydroxylation is 1. The number of anilines is 1. The van der Waals surface area contributed by atoms with Crippen LogP contribution in [0.3, 0.4) is 0 Å². The maximum Gasteiger partial charge on any atom is 0.337 e. The molecule has 0 saturated carbocycles. The zero-order valence-corrected chi connectivity index (χ0v) is 19.5. The molecular formula is C26H24FN3O5. The summed E-state index contributed by atoms with van der Waals surface area (Å²) in [6.45, 7) is 4.11. The van der Waals surface area contributed by atoms with E-state index in [1.807, 2.05) is 13.0 Å². The van der Waals surface area contributed by atoms with Crippen LogP contribution in [0.25, 0.3) is 0 Å². The third-order valence-electron chi connectivity index (χ3n) is 5.38. The fraction of sp³-hybridized carbons (Fsp3) is 0.192. The number of amides is 1. The number of aromatic nitrogens is 2. The number of ether oxygens (including phenoxy) is 2. The second-order valence-electron chi connectivity index (χ2n) is 7.86. The second kappa shape index (κ2) is 10.3. The van der Waals surface area contributed by atoms with Crippen LogP contribution < -0.4 is 10.1 Å². The summed E-state index contributed by atoms with van der Waals surface area (Å²) in [5.41, 5.74) is 3.14. The number of carbonyl (C=O) groups excluding carboxylic acids is 2. The summed E-state index contributed by atoms with van der Waals surface area (Å²) in [7, 11) is 1.32. The van der Waals surface area contributed by atoms with Gasteiger partial charge < -0.3 is 19.2 Å². The van der Waals surface area contributed by atoms with Crippen LogP contribution >= 0.6 is 0 Å². The molecule has 8 nitrogen and oxygen atoms in total. The van der Waals surface area contributed by atoms with E-state index in [0.29, 0.717) is 35.0 Å². The van der Waals surface area contributed by atoms with E-state index >= 15 is 0 Å². The third kappa shape index (κ3) is 5.57. The van der Waals surface area contributed by atoms with Gasteiger partial charge in [-0.05, 0) is 67.9 Å². The maximum atomic E-state index is 13.5. The molecule has 2 heterocycles. The molecule has 4 rings (SSSR count). The smallest absolute Gasteiger partial charge is 0.337 e. The highest BCUT2D eigenvalue weighted by Crippen LogP contribution is 2.22. The van der Waals surface area contributed by atoms with Crippen molar-refractivity contribution in [2.45, 2.75) is 27.0 Å². The molecule has 4 aromatic rings. The first-order chi connectivity index (χ1) is 16.8. The Bertz CT molecular complexity index is 1360. The molecule has 0 spiro atoms. The van der Waals surface area contributed by atoms with Gasteiger partial charge in [-0.25, -0.2) is 9.18 Å². The van der Waals surface area contributed by atoms with Gasteiger partial charge in [-0.3, -0.25) is 9.48 Å². The highest BCUT2D eigenvalue weighted by atomic mass is 19.1. The van der Waals surface area contributed by atoms with Crippen molar-refractivity contribution in [2.24, 2.45) is 0 Å². The van der Waals surface area contributed by atoms with Gasteiger partial charge in [0.25, 0.3) is 5.91 Å². The lowest BCUT2D eigenvalue weighted by molar-refractivity contribution is 0.0600. The van der Waals surface area contributed by atoms with Crippen LogP contribution in [0, 0.1) is 19.7 Å². The van der Waals surface area contributed by atoms with Gasteiger partial charge in [0, 0.05) is 0 Å². The van der Waals surface area contributed by atoms with Gasteiger partial charge in [0.1, 0.15) is 23.9 Å². The Balaban J connectivity index is 1.38. The quantitative estimate of drug-likeness (QED) is 0.363. The molecule has 0 unspecified atom stereocenters. The number of halogens is 1. The van der Waals surface area contributed by atoms with E-state index in [0.717, 1.165) is 11.3 Å². The fourth-order valence-electron chi connectivity index (χ4n) is 3.55. The van der Waals surface area contributed by atoms with Crippen LogP contribution in [0.2, 0.25) is 0 Å². The summed E-state index contributed by atoms with van der Waals surface area (Å²) in [5.74, 6) is -0.0347. The molecule has 1 N–H and O–H groups in total. The monoisotopic (exact) mass is 477 g/mol. The zero-order valence-electron chi connectivity index (χ0n) is 19.5. The Labute approximate surface area is 201 Å². The molecule has 1 amide bonds. The van der Waals surface area contributed by atoms with Crippen molar-refractivity contribution in [3.05, 3.63) is 101 Å². The van der Waals surface area contributed by atoms with E-state index < -0.39 is 11.9 Å². The van der Waals surface area contributed by atoms with Crippen LogP contribution in [0.1, 0.15) is 43.6 Å². The first-order valence-electron chi connectivity index (χ1n) is 10.8. The molecule has 2 aromatic heterocycles. The SMILES string of the molecule is COC(=O)c1ccc(OCc2ccc(C(=O)Nc3c(C)nn(Cc4cccc(F)c4)c3C)o2)cc1. The molecular weight excluding hydrogens is 453 g/mol. The van der Waals surface area contributed by atoms with E-state index in [4.69, 9.17) is 9.15 Å². The van der Waals surface area contributed by atoms with Crippen LogP contribution in [0.15, 0.2) is 65.1 Å². The Morgan fingerprint density at radius 3 is 2.57 bits per heavy atom. The minimum Gasteiger partial charge on any atom is -0.486 e. The number of esters is 1. The van der Waals surface area contributed by atoms with E-state index in [1.165, 1.54) is 19.2 Å². The summed E-state index contributed by atoms with van der Waals surface area (Å²) < 4.78 is 31.2. The van der Waals surface area contributed by atoms with Gasteiger partial charge >= 0.3 is 5.97 Å². The Morgan fingerprint density at radius 2 is 1.86 bits per heavy atom. The molecule has 0 atom stereocenters. The van der Waals surface area contributed by atoms with Crippen molar-refractivity contribution in [1.82, 2.24) is 9.78 Å². The highest BCUT2D eigenvalue weighted by molar-refractivity contribution is 6.03. The zero-order chi connectivity index (χ0) is 24.9. The van der Waals surface area contributed by atoms with Crippen molar-refractivity contribution in [1.29, 1.82) is 0 Å². The number of furan rings is 1. The normalized spacial score (nSPS) is 10.7. The summed E-state index contributed by atoms with van der Waals surface area (Å²) in [6.07, 6.45) is 0. The molecule has 0 fully saturated rings. The molecule has 0 aliphatic heterocycles. The number of hydrogen-bond acceptors (Lipinski definition) is 6. The molecule has 0 bridgehead atoms. The van der Waals surface area contributed by atoms with Crippen LogP contribution in [-0.2, 0) is 17.9 Å². The summed E-state index contributed by atoms with van der Waals surface area (Å²) >= 11 is 0. The number of benzene rings is 2. The lowest BCUT2D eigenvalue weighted by Crippen LogP contribution is -2.12. The average Bonchev–Trinajstić information content (AvgIpc) is 3.43. The van der Waals surface area contributed by atoms with Crippen molar-refractivity contribution in [2.75, 3.05) is 12.4 Å². The van der Waals surface area contributed by atoms with Crippen LogP contribution in [0.4, 0.5) is 10.1 Å². The minimum absolute atomic E-state index is 0.106. The molecule has 0 aliphatic rings. The lowest BCUT2D eigenvalue weighted by atomic mass is 10.2. The number of rotatable bonds is 8. The van der Waals surface area contributed by atoms with Crippen LogP contribution in [-0.4, -0.2) is 28.8 Å². The van der Waals surface area contributed by atoms with E-state index in [1.54, 1.807) is 54.1 Å². The van der Waals surface area contributed by atoms with Gasteiger partial charge in [0.05, 0.1) is 36.3 Å². The fourth-order valence-corrected chi connectivity index (χ4v) is 3.55. The predicted octanol–water partition coefficient (Wildman–Crippen LogP) is 4.90. The van der Waals surface area contributed by atoms with Crippen molar-refractivity contribution in [3.8, 4) is 5.75 Å². The van der Waals surface area contributed by atoms with Crippen molar-refractivity contribution < 1.29 is 27.9 Å². The Morgan fingerprint density at radius 1 is 1.09 bits per heavy atom. The van der Waals surface area contributed by atoms with E-state index in [2.05, 4.69) is 15.2 Å². The molecule has 9 heteroatoms. The average molecular weight is 477 g/mol. The Kier molecular flexibility index (Phi) is 6.96. The summed E-state index contributed by atoms with van der Waals surface area (Å²) in [5, 5.41) is 7.32. The summed E-state index contributed by atoms with van der Waals surface area (Å²) in [6, 6.07) is 16.0. The largest absolute Gasteiger partial charge is 0.486 e. The molecule has 180 valence electrons. The molecule has 35 heavy (non-hydrogen) atoms. The maximum absolute atomic E-state index is 13.5. The number of carbonyl (C=O) groups is 2. The predicted molar refractivity (Wildman–Crippen MR) is 126 cm³/mol. The van der Waals surface area contributed by atoms with Gasteiger partial charge in [0.2, 0.25) is 0 Å². The third-order valence-corrected chi connectivity index (χ3v) is 5.38. The van der Waals surface area contributed by atoms with Crippen LogP contribution in [0.5, 0.6) is 5.75 Å². The standard InChI is InChI=1S/C26H24FN3O5/c1-16-24(17(2)30(29-16)14-18-5-4-6-20(27)13-18)28-25(31)23-12-11-22(35-23)15-34-21-9-7-19(8-10-21)26(32)33-3/h4-13H,14-15H2,1-3H3,(H,28,31). The van der Waals surface area contributed by atoms with Gasteiger partial charge in [-0.2, -0.15) is 5.10 Å². The van der Waals surface area contributed by atoms with Gasteiger partial charge in [0.15, 0.2) is 5.76 Å². The van der Waals surface area contributed by atoms with Gasteiger partial charge in [-0.1, -0.05) is 12.1 Å². The topological polar surface area (TPSA) is 95.6 Å². The van der Waals surface area contributed by atoms with Crippen molar-refractivity contribution in [3.63, 3.8) is 0 Å². The first kappa shape index (κ1) is 23.7. The highest BCUT2D eigenvalue weighted by Gasteiger charge is 2.18. The molecule has 0 aliphatic carbocycles. The summed E-state index contributed by atoms with van der Waals surface area (Å²) in [4.78, 5) is 24.3. The molecule has 2 aromatic carbocycles. The minimum atomic E-state index is -0.428. The van der Waals surface area contributed by atoms with Gasteiger partial charge in [-0.15, -0.1) is 0 Å². The molecule has 0 radical (unpaired) electrons. The second-order valence-corrected chi connectivity index (χ2v) is 7.86. The number of nitrogens with zero attached hydrogens (tertiary/aromatic N) is 2. The first-order valence-corrected chi connectivity index (χ1v) is 10.8. The van der Waals surface area contributed by atoms with E-state index in [-0.39, 0.29) is 18.2 Å². The Hall–Kier alpha value is -4.40. The van der Waals surface area contributed by atoms with E-state index in [9.17, 15) is 14.0 Å². The van der Waals surface area contributed by atoms with Crippen molar-refractivity contribution >= 4 is 17.6 Å².